The van der Waals surface area contributed by atoms with Gasteiger partial charge in [-0.25, -0.2) is 0 Å². The summed E-state index contributed by atoms with van der Waals surface area (Å²) in [7, 11) is 1.75. The molecule has 4 rings (SSSR count). The van der Waals surface area contributed by atoms with Crippen molar-refractivity contribution in [3.8, 4) is 5.88 Å². The van der Waals surface area contributed by atoms with Crippen molar-refractivity contribution in [2.75, 3.05) is 11.9 Å². The van der Waals surface area contributed by atoms with Crippen LogP contribution in [0.1, 0.15) is 36.1 Å². The Kier molecular flexibility index (Phi) is 5.42. The Balaban J connectivity index is 1.64. The number of fused-ring (bicyclic) bond motifs is 2. The van der Waals surface area contributed by atoms with Gasteiger partial charge in [-0.3, -0.25) is 9.48 Å². The molecule has 2 aliphatic heterocycles. The Morgan fingerprint density at radius 2 is 2.16 bits per heavy atom. The van der Waals surface area contributed by atoms with Crippen LogP contribution in [0.4, 0.5) is 19.0 Å². The molecule has 2 aromatic heterocycles. The van der Waals surface area contributed by atoms with Gasteiger partial charge in [0, 0.05) is 31.6 Å². The number of carbonyl (C=O) groups is 1. The number of nitrogens with one attached hydrogen (secondary N) is 1. The molecule has 0 aromatic carbocycles. The van der Waals surface area contributed by atoms with Crippen LogP contribution in [0.25, 0.3) is 0 Å². The number of pyridine rings is 1. The first-order valence-corrected chi connectivity index (χ1v) is 9.95. The zero-order chi connectivity index (χ0) is 22.5. The first kappa shape index (κ1) is 21.6. The number of hydrogen-bond acceptors (Lipinski definition) is 6. The van der Waals surface area contributed by atoms with Gasteiger partial charge in [0.25, 0.3) is 0 Å². The predicted octanol–water partition coefficient (Wildman–Crippen LogP) is 2.41. The van der Waals surface area contributed by atoms with E-state index in [9.17, 15) is 23.1 Å². The van der Waals surface area contributed by atoms with Crippen molar-refractivity contribution in [2.24, 2.45) is 13.0 Å². The molecule has 0 unspecified atom stereocenters. The molecular formula is C20H23F3N4O4. The molecule has 2 N–H and O–H groups in total. The van der Waals surface area contributed by atoms with Crippen LogP contribution < -0.4 is 10.1 Å². The van der Waals surface area contributed by atoms with E-state index in [0.717, 1.165) is 17.7 Å². The number of aliphatic hydroxyl groups is 1. The van der Waals surface area contributed by atoms with E-state index in [-0.39, 0.29) is 24.7 Å². The van der Waals surface area contributed by atoms with E-state index in [4.69, 9.17) is 9.47 Å². The second kappa shape index (κ2) is 7.79. The summed E-state index contributed by atoms with van der Waals surface area (Å²) in [5.41, 5.74) is 0.492. The Labute approximate surface area is 176 Å². The fourth-order valence-corrected chi connectivity index (χ4v) is 4.52. The molecule has 168 valence electrons. The zero-order valence-electron chi connectivity index (χ0n) is 17.2. The van der Waals surface area contributed by atoms with Crippen molar-refractivity contribution in [1.82, 2.24) is 14.8 Å². The average Bonchev–Trinajstić information content (AvgIpc) is 3.32. The first-order chi connectivity index (χ1) is 14.6. The number of aliphatic hydroxyl groups excluding tert-OH is 1. The van der Waals surface area contributed by atoms with Gasteiger partial charge in [-0.05, 0) is 25.5 Å². The lowest BCUT2D eigenvalue weighted by Crippen LogP contribution is -2.41. The molecule has 4 heterocycles. The van der Waals surface area contributed by atoms with Crippen molar-refractivity contribution in [3.63, 3.8) is 0 Å². The summed E-state index contributed by atoms with van der Waals surface area (Å²) in [5.74, 6) is -2.19. The molecular weight excluding hydrogens is 417 g/mol. The van der Waals surface area contributed by atoms with Gasteiger partial charge in [0.15, 0.2) is 0 Å². The molecule has 8 nitrogen and oxygen atoms in total. The van der Waals surface area contributed by atoms with Crippen LogP contribution >= 0.6 is 0 Å². The number of amides is 1. The lowest BCUT2D eigenvalue weighted by Gasteiger charge is -2.29. The van der Waals surface area contributed by atoms with Crippen molar-refractivity contribution in [2.45, 2.75) is 50.7 Å². The van der Waals surface area contributed by atoms with E-state index in [2.05, 4.69) is 15.4 Å². The van der Waals surface area contributed by atoms with E-state index >= 15 is 0 Å². The number of anilines is 1. The highest BCUT2D eigenvalue weighted by Crippen LogP contribution is 2.50. The Bertz CT molecular complexity index is 993. The van der Waals surface area contributed by atoms with Crippen molar-refractivity contribution < 1.29 is 32.5 Å². The molecule has 1 amide bonds. The summed E-state index contributed by atoms with van der Waals surface area (Å²) in [5, 5.41) is 17.1. The van der Waals surface area contributed by atoms with Crippen molar-refractivity contribution in [3.05, 3.63) is 35.2 Å². The molecule has 31 heavy (non-hydrogen) atoms. The summed E-state index contributed by atoms with van der Waals surface area (Å²) in [6.07, 6.45) is -4.44. The Morgan fingerprint density at radius 1 is 1.42 bits per heavy atom. The van der Waals surface area contributed by atoms with Crippen molar-refractivity contribution >= 4 is 11.7 Å². The smallest absolute Gasteiger partial charge is 0.416 e. The molecule has 0 aliphatic carbocycles. The van der Waals surface area contributed by atoms with Gasteiger partial charge in [-0.1, -0.05) is 0 Å². The van der Waals surface area contributed by atoms with E-state index in [1.54, 1.807) is 31.8 Å². The predicted molar refractivity (Wildman–Crippen MR) is 102 cm³/mol. The lowest BCUT2D eigenvalue weighted by molar-refractivity contribution is -0.137. The quantitative estimate of drug-likeness (QED) is 0.741. The highest BCUT2D eigenvalue weighted by atomic mass is 19.4. The molecule has 0 saturated carbocycles. The topological polar surface area (TPSA) is 98.5 Å². The van der Waals surface area contributed by atoms with Gasteiger partial charge >= 0.3 is 6.18 Å². The summed E-state index contributed by atoms with van der Waals surface area (Å²) >= 11 is 0. The minimum Gasteiger partial charge on any atom is -0.478 e. The van der Waals surface area contributed by atoms with Crippen LogP contribution in [-0.2, 0) is 22.8 Å². The van der Waals surface area contributed by atoms with Gasteiger partial charge < -0.3 is 19.9 Å². The Morgan fingerprint density at radius 3 is 2.77 bits per heavy atom. The van der Waals surface area contributed by atoms with Crippen LogP contribution in [-0.4, -0.2) is 50.7 Å². The van der Waals surface area contributed by atoms with E-state index in [0.29, 0.717) is 5.69 Å². The van der Waals surface area contributed by atoms with E-state index in [1.165, 1.54) is 0 Å². The number of nitrogens with zero attached hydrogens (tertiary/aromatic N) is 3. The molecule has 2 fully saturated rings. The second-order valence-corrected chi connectivity index (χ2v) is 7.84. The third-order valence-electron chi connectivity index (χ3n) is 5.71. The molecule has 2 aromatic rings. The maximum absolute atomic E-state index is 13.3. The summed E-state index contributed by atoms with van der Waals surface area (Å²) < 4.78 is 52.4. The second-order valence-electron chi connectivity index (χ2n) is 7.84. The molecule has 0 radical (unpaired) electrons. The number of carbonyl (C=O) groups excluding carboxylic acids is 1. The maximum Gasteiger partial charge on any atom is 0.416 e. The average molecular weight is 440 g/mol. The van der Waals surface area contributed by atoms with Gasteiger partial charge in [0.2, 0.25) is 11.8 Å². The summed E-state index contributed by atoms with van der Waals surface area (Å²) in [6.45, 7) is 3.55. The standard InChI is InChI=1S/C20H23F3N4O4/c1-4-30-15-6-10(20(21,22)23)5-14(24-15)25-19(29)17-13-7-12(28)18(31-13)16(17)11-8-27(3)26-9(11)2/h5-6,8,12-13,16-18,28H,4,7H2,1-3H3,(H,24,25,29)/t12-,13+,16+,17-,18-/m0/s1. The van der Waals surface area contributed by atoms with Gasteiger partial charge in [-0.2, -0.15) is 23.3 Å². The number of rotatable bonds is 5. The van der Waals surface area contributed by atoms with Crippen LogP contribution in [0.5, 0.6) is 5.88 Å². The summed E-state index contributed by atoms with van der Waals surface area (Å²) in [6, 6.07) is 1.56. The van der Waals surface area contributed by atoms with Crippen molar-refractivity contribution in [1.29, 1.82) is 0 Å². The molecule has 11 heteroatoms. The van der Waals surface area contributed by atoms with Crippen LogP contribution in [0.3, 0.4) is 0 Å². The van der Waals surface area contributed by atoms with E-state index < -0.39 is 47.8 Å². The fourth-order valence-electron chi connectivity index (χ4n) is 4.52. The number of hydrogen-bond donors (Lipinski definition) is 2. The minimum atomic E-state index is -4.62. The SMILES string of the molecule is CCOc1cc(C(F)(F)F)cc(NC(=O)[C@@H]2[C@@H](c3cn(C)nc3C)[C@H]3O[C@@H]2C[C@@H]3O)n1. The van der Waals surface area contributed by atoms with E-state index in [1.807, 2.05) is 0 Å². The third-order valence-corrected chi connectivity index (χ3v) is 5.71. The third kappa shape index (κ3) is 3.99. The lowest BCUT2D eigenvalue weighted by atomic mass is 9.74. The molecule has 2 saturated heterocycles. The highest BCUT2D eigenvalue weighted by molar-refractivity contribution is 5.93. The van der Waals surface area contributed by atoms with Gasteiger partial charge in [-0.15, -0.1) is 0 Å². The maximum atomic E-state index is 13.3. The Hall–Kier alpha value is -2.66. The number of aromatic nitrogens is 3. The highest BCUT2D eigenvalue weighted by Gasteiger charge is 2.57. The molecule has 5 atom stereocenters. The van der Waals surface area contributed by atoms with Crippen LogP contribution in [0.15, 0.2) is 18.3 Å². The normalized spacial score (nSPS) is 27.5. The van der Waals surface area contributed by atoms with Crippen LogP contribution in [0, 0.1) is 12.8 Å². The fraction of sp³-hybridized carbons (Fsp3) is 0.550. The minimum absolute atomic E-state index is 0.127. The van der Waals surface area contributed by atoms with Gasteiger partial charge in [0.1, 0.15) is 5.82 Å². The monoisotopic (exact) mass is 440 g/mol. The largest absolute Gasteiger partial charge is 0.478 e. The number of aryl methyl sites for hydroxylation is 2. The van der Waals surface area contributed by atoms with Crippen LogP contribution in [0.2, 0.25) is 0 Å². The molecule has 0 spiro atoms. The molecule has 2 bridgehead atoms. The number of ether oxygens (including phenoxy) is 2. The molecule has 2 aliphatic rings. The van der Waals surface area contributed by atoms with Gasteiger partial charge in [0.05, 0.1) is 42.1 Å². The number of alkyl halides is 3. The number of halogens is 3. The first-order valence-electron chi connectivity index (χ1n) is 9.95. The summed E-state index contributed by atoms with van der Waals surface area (Å²) in [4.78, 5) is 17.2. The zero-order valence-corrected chi connectivity index (χ0v) is 17.2.